The Kier molecular flexibility index (Phi) is 4.59. The quantitative estimate of drug-likeness (QED) is 0.786. The zero-order valence-corrected chi connectivity index (χ0v) is 12.3. The normalized spacial score (nSPS) is 11.1. The highest BCUT2D eigenvalue weighted by Gasteiger charge is 2.15. The van der Waals surface area contributed by atoms with Crippen LogP contribution < -0.4 is 15.2 Å². The summed E-state index contributed by atoms with van der Waals surface area (Å²) in [7, 11) is -3.74. The molecule has 2 rings (SSSR count). The molecule has 1 aromatic carbocycles. The first-order valence-electron chi connectivity index (χ1n) is 6.36. The first-order chi connectivity index (χ1) is 10.0. The molecule has 21 heavy (non-hydrogen) atoms. The third kappa shape index (κ3) is 4.06. The number of benzene rings is 1. The summed E-state index contributed by atoms with van der Waals surface area (Å²) in [4.78, 5) is 0.0654. The first kappa shape index (κ1) is 15.0. The van der Waals surface area contributed by atoms with Crippen molar-refractivity contribution in [2.45, 2.75) is 18.2 Å². The Morgan fingerprint density at radius 1 is 1.24 bits per heavy atom. The fraction of sp³-hybridized carbons (Fsp3) is 0.231. The summed E-state index contributed by atoms with van der Waals surface area (Å²) in [5, 5.41) is 7.56. The number of rotatable bonds is 6. The van der Waals surface area contributed by atoms with Crippen molar-refractivity contribution >= 4 is 21.5 Å². The van der Waals surface area contributed by atoms with Crippen molar-refractivity contribution in [3.63, 3.8) is 0 Å². The van der Waals surface area contributed by atoms with Crippen LogP contribution in [0.5, 0.6) is 5.88 Å². The molecule has 0 saturated carbocycles. The summed E-state index contributed by atoms with van der Waals surface area (Å²) >= 11 is 0. The molecule has 0 saturated heterocycles. The number of hydrogen-bond donors (Lipinski definition) is 2. The number of anilines is 2. The van der Waals surface area contributed by atoms with E-state index in [9.17, 15) is 8.42 Å². The Bertz CT molecular complexity index is 702. The van der Waals surface area contributed by atoms with E-state index in [1.165, 1.54) is 18.2 Å². The SMILES string of the molecule is CCCOc1ccc(NS(=O)(=O)c2cccc(N)c2)nn1. The van der Waals surface area contributed by atoms with Gasteiger partial charge in [-0.25, -0.2) is 8.42 Å². The van der Waals surface area contributed by atoms with E-state index in [-0.39, 0.29) is 10.7 Å². The second kappa shape index (κ2) is 6.40. The van der Waals surface area contributed by atoms with Crippen molar-refractivity contribution in [1.82, 2.24) is 10.2 Å². The van der Waals surface area contributed by atoms with Gasteiger partial charge in [-0.2, -0.15) is 0 Å². The third-order valence-corrected chi connectivity index (χ3v) is 3.85. The van der Waals surface area contributed by atoms with Crippen LogP contribution in [0.1, 0.15) is 13.3 Å². The van der Waals surface area contributed by atoms with Gasteiger partial charge in [0.05, 0.1) is 11.5 Å². The Morgan fingerprint density at radius 2 is 2.05 bits per heavy atom. The van der Waals surface area contributed by atoms with Crippen molar-refractivity contribution in [1.29, 1.82) is 0 Å². The Balaban J connectivity index is 2.13. The average molecular weight is 308 g/mol. The van der Waals surface area contributed by atoms with Crippen LogP contribution in [-0.4, -0.2) is 25.2 Å². The monoisotopic (exact) mass is 308 g/mol. The molecule has 8 heteroatoms. The summed E-state index contributed by atoms with van der Waals surface area (Å²) < 4.78 is 31.9. The van der Waals surface area contributed by atoms with Crippen molar-refractivity contribution < 1.29 is 13.2 Å². The summed E-state index contributed by atoms with van der Waals surface area (Å²) in [6.07, 6.45) is 0.853. The van der Waals surface area contributed by atoms with Gasteiger partial charge < -0.3 is 10.5 Å². The van der Waals surface area contributed by atoms with Crippen LogP contribution in [0.25, 0.3) is 0 Å². The molecule has 0 aliphatic carbocycles. The maximum absolute atomic E-state index is 12.1. The molecule has 0 fully saturated rings. The van der Waals surface area contributed by atoms with Gasteiger partial charge in [-0.15, -0.1) is 10.2 Å². The fourth-order valence-electron chi connectivity index (χ4n) is 1.54. The molecule has 0 bridgehead atoms. The number of sulfonamides is 1. The van der Waals surface area contributed by atoms with Gasteiger partial charge in [0.1, 0.15) is 0 Å². The van der Waals surface area contributed by atoms with E-state index >= 15 is 0 Å². The van der Waals surface area contributed by atoms with Gasteiger partial charge in [0, 0.05) is 11.8 Å². The number of nitrogens with two attached hydrogens (primary N) is 1. The maximum atomic E-state index is 12.1. The lowest BCUT2D eigenvalue weighted by Gasteiger charge is -2.08. The second-order valence-electron chi connectivity index (χ2n) is 4.28. The van der Waals surface area contributed by atoms with E-state index in [4.69, 9.17) is 10.5 Å². The molecular weight excluding hydrogens is 292 g/mol. The lowest BCUT2D eigenvalue weighted by Crippen LogP contribution is -2.14. The topological polar surface area (TPSA) is 107 Å². The highest BCUT2D eigenvalue weighted by atomic mass is 32.2. The smallest absolute Gasteiger partial charge is 0.263 e. The summed E-state index contributed by atoms with van der Waals surface area (Å²) in [5.41, 5.74) is 5.95. The van der Waals surface area contributed by atoms with E-state index in [2.05, 4.69) is 14.9 Å². The van der Waals surface area contributed by atoms with Gasteiger partial charge in [0.15, 0.2) is 5.82 Å². The summed E-state index contributed by atoms with van der Waals surface area (Å²) in [5.74, 6) is 0.463. The minimum atomic E-state index is -3.74. The third-order valence-electron chi connectivity index (χ3n) is 2.50. The van der Waals surface area contributed by atoms with Crippen molar-refractivity contribution in [2.24, 2.45) is 0 Å². The number of nitrogens with zero attached hydrogens (tertiary/aromatic N) is 2. The lowest BCUT2D eigenvalue weighted by atomic mass is 10.3. The number of nitrogen functional groups attached to an aromatic ring is 1. The molecule has 112 valence electrons. The van der Waals surface area contributed by atoms with Crippen LogP contribution in [0.15, 0.2) is 41.3 Å². The van der Waals surface area contributed by atoms with Gasteiger partial charge in [0.25, 0.3) is 10.0 Å². The molecule has 2 aromatic rings. The van der Waals surface area contributed by atoms with Gasteiger partial charge in [-0.1, -0.05) is 13.0 Å². The molecule has 0 spiro atoms. The molecule has 3 N–H and O–H groups in total. The summed E-state index contributed by atoms with van der Waals surface area (Å²) in [6, 6.07) is 9.04. The van der Waals surface area contributed by atoms with E-state index in [1.54, 1.807) is 18.2 Å². The van der Waals surface area contributed by atoms with Crippen molar-refractivity contribution in [3.05, 3.63) is 36.4 Å². The minimum Gasteiger partial charge on any atom is -0.477 e. The molecular formula is C13H16N4O3S. The molecule has 0 atom stereocenters. The zero-order valence-electron chi connectivity index (χ0n) is 11.5. The predicted molar refractivity (Wildman–Crippen MR) is 79.5 cm³/mol. The fourth-order valence-corrected chi connectivity index (χ4v) is 2.59. The number of nitrogens with one attached hydrogen (secondary N) is 1. The standard InChI is InChI=1S/C13H16N4O3S/c1-2-8-20-13-7-6-12(15-16-13)17-21(18,19)11-5-3-4-10(14)9-11/h3-7,9H,2,8,14H2,1H3,(H,15,17). The van der Waals surface area contributed by atoms with Crippen LogP contribution in [0, 0.1) is 0 Å². The van der Waals surface area contributed by atoms with Crippen LogP contribution >= 0.6 is 0 Å². The predicted octanol–water partition coefficient (Wildman–Crippen LogP) is 1.65. The molecule has 1 heterocycles. The average Bonchev–Trinajstić information content (AvgIpc) is 2.46. The van der Waals surface area contributed by atoms with Crippen LogP contribution in [0.4, 0.5) is 11.5 Å². The number of ether oxygens (including phenoxy) is 1. The molecule has 7 nitrogen and oxygen atoms in total. The number of hydrogen-bond acceptors (Lipinski definition) is 6. The van der Waals surface area contributed by atoms with Gasteiger partial charge in [0.2, 0.25) is 5.88 Å². The maximum Gasteiger partial charge on any atom is 0.263 e. The molecule has 1 aromatic heterocycles. The van der Waals surface area contributed by atoms with Gasteiger partial charge >= 0.3 is 0 Å². The lowest BCUT2D eigenvalue weighted by molar-refractivity contribution is 0.302. The van der Waals surface area contributed by atoms with Crippen LogP contribution in [-0.2, 0) is 10.0 Å². The van der Waals surface area contributed by atoms with Crippen molar-refractivity contribution in [3.8, 4) is 5.88 Å². The Morgan fingerprint density at radius 3 is 2.67 bits per heavy atom. The van der Waals surface area contributed by atoms with E-state index in [1.807, 2.05) is 6.92 Å². The molecule has 0 unspecified atom stereocenters. The largest absolute Gasteiger partial charge is 0.477 e. The Hall–Kier alpha value is -2.35. The highest BCUT2D eigenvalue weighted by molar-refractivity contribution is 7.92. The van der Waals surface area contributed by atoms with E-state index in [0.29, 0.717) is 18.2 Å². The Labute approximate surface area is 123 Å². The molecule has 0 aliphatic heterocycles. The summed E-state index contributed by atoms with van der Waals surface area (Å²) in [6.45, 7) is 2.50. The molecule has 0 amide bonds. The molecule has 0 radical (unpaired) electrons. The second-order valence-corrected chi connectivity index (χ2v) is 5.97. The van der Waals surface area contributed by atoms with Gasteiger partial charge in [-0.3, -0.25) is 4.72 Å². The van der Waals surface area contributed by atoms with Crippen LogP contribution in [0.3, 0.4) is 0 Å². The van der Waals surface area contributed by atoms with Gasteiger partial charge in [-0.05, 0) is 30.7 Å². The van der Waals surface area contributed by atoms with Crippen LogP contribution in [0.2, 0.25) is 0 Å². The van der Waals surface area contributed by atoms with E-state index < -0.39 is 10.0 Å². The zero-order chi connectivity index (χ0) is 15.3. The van der Waals surface area contributed by atoms with Crippen molar-refractivity contribution in [2.75, 3.05) is 17.1 Å². The first-order valence-corrected chi connectivity index (χ1v) is 7.84. The highest BCUT2D eigenvalue weighted by Crippen LogP contribution is 2.17. The minimum absolute atomic E-state index is 0.0654. The van der Waals surface area contributed by atoms with E-state index in [0.717, 1.165) is 6.42 Å². The number of aromatic nitrogens is 2. The molecule has 0 aliphatic rings.